The van der Waals surface area contributed by atoms with E-state index in [0.717, 1.165) is 12.4 Å². The number of hydrogen-bond acceptors (Lipinski definition) is 7. The molecule has 1 aromatic rings. The third-order valence-electron chi connectivity index (χ3n) is 2.70. The summed E-state index contributed by atoms with van der Waals surface area (Å²) in [5.41, 5.74) is 8.14. The van der Waals surface area contributed by atoms with E-state index in [4.69, 9.17) is 16.3 Å². The number of anilines is 3. The topological polar surface area (TPSA) is 102 Å². The average molecular weight is 238 g/mol. The van der Waals surface area contributed by atoms with Crippen molar-refractivity contribution in [3.63, 3.8) is 0 Å². The summed E-state index contributed by atoms with van der Waals surface area (Å²) in [5.74, 6) is 6.88. The van der Waals surface area contributed by atoms with Crippen molar-refractivity contribution in [2.24, 2.45) is 5.84 Å². The van der Waals surface area contributed by atoms with Gasteiger partial charge in [0.15, 0.2) is 0 Å². The van der Waals surface area contributed by atoms with Crippen LogP contribution in [0.15, 0.2) is 6.07 Å². The van der Waals surface area contributed by atoms with Crippen molar-refractivity contribution in [2.75, 3.05) is 36.3 Å². The number of aromatic nitrogens is 2. The van der Waals surface area contributed by atoms with E-state index in [2.05, 4.69) is 20.3 Å². The second-order valence-corrected chi connectivity index (χ2v) is 4.03. The molecule has 17 heavy (non-hydrogen) atoms. The SMILES string of the molecule is COCCN(c1cc(NN)nc(N)n1)C1CC1. The fourth-order valence-electron chi connectivity index (χ4n) is 1.73. The van der Waals surface area contributed by atoms with Crippen LogP contribution in [0.2, 0.25) is 0 Å². The number of nitrogens with two attached hydrogens (primary N) is 2. The van der Waals surface area contributed by atoms with E-state index >= 15 is 0 Å². The lowest BCUT2D eigenvalue weighted by atomic mass is 10.4. The van der Waals surface area contributed by atoms with Crippen LogP contribution in [-0.4, -0.2) is 36.3 Å². The molecule has 94 valence electrons. The molecule has 7 heteroatoms. The second kappa shape index (κ2) is 5.15. The van der Waals surface area contributed by atoms with E-state index in [1.807, 2.05) is 0 Å². The van der Waals surface area contributed by atoms with E-state index in [0.29, 0.717) is 18.5 Å². The highest BCUT2D eigenvalue weighted by molar-refractivity contribution is 5.53. The van der Waals surface area contributed by atoms with Gasteiger partial charge in [-0.2, -0.15) is 9.97 Å². The minimum atomic E-state index is 0.221. The fraction of sp³-hybridized carbons (Fsp3) is 0.600. The van der Waals surface area contributed by atoms with Gasteiger partial charge in [0.1, 0.15) is 11.6 Å². The Labute approximate surface area is 100 Å². The van der Waals surface area contributed by atoms with Crippen LogP contribution in [0, 0.1) is 0 Å². The molecular formula is C10H18N6O. The summed E-state index contributed by atoms with van der Waals surface area (Å²) in [6.07, 6.45) is 2.36. The molecule has 1 aliphatic rings. The summed E-state index contributed by atoms with van der Waals surface area (Å²) < 4.78 is 5.10. The summed E-state index contributed by atoms with van der Waals surface area (Å²) in [5, 5.41) is 0. The number of methoxy groups -OCH3 is 1. The highest BCUT2D eigenvalue weighted by Crippen LogP contribution is 2.31. The van der Waals surface area contributed by atoms with Crippen molar-refractivity contribution in [2.45, 2.75) is 18.9 Å². The molecule has 1 aliphatic carbocycles. The van der Waals surface area contributed by atoms with E-state index < -0.39 is 0 Å². The van der Waals surface area contributed by atoms with Crippen molar-refractivity contribution in [1.29, 1.82) is 0 Å². The molecule has 1 saturated carbocycles. The maximum atomic E-state index is 5.65. The predicted molar refractivity (Wildman–Crippen MR) is 66.5 cm³/mol. The lowest BCUT2D eigenvalue weighted by Crippen LogP contribution is -2.30. The van der Waals surface area contributed by atoms with Gasteiger partial charge in [-0.1, -0.05) is 0 Å². The smallest absolute Gasteiger partial charge is 0.223 e. The monoisotopic (exact) mass is 238 g/mol. The van der Waals surface area contributed by atoms with Gasteiger partial charge in [-0.15, -0.1) is 0 Å². The van der Waals surface area contributed by atoms with Gasteiger partial charge in [0.05, 0.1) is 6.61 Å². The predicted octanol–water partition coefficient (Wildman–Crippen LogP) is -0.0404. The van der Waals surface area contributed by atoms with E-state index in [9.17, 15) is 0 Å². The number of nitrogens with one attached hydrogen (secondary N) is 1. The van der Waals surface area contributed by atoms with Crippen LogP contribution in [0.5, 0.6) is 0 Å². The first kappa shape index (κ1) is 11.9. The van der Waals surface area contributed by atoms with Crippen LogP contribution >= 0.6 is 0 Å². The molecule has 0 atom stereocenters. The van der Waals surface area contributed by atoms with Gasteiger partial charge in [-0.3, -0.25) is 0 Å². The Hall–Kier alpha value is -1.60. The molecule has 0 bridgehead atoms. The maximum absolute atomic E-state index is 5.65. The van der Waals surface area contributed by atoms with Gasteiger partial charge < -0.3 is 20.8 Å². The number of ether oxygens (including phenoxy) is 1. The lowest BCUT2D eigenvalue weighted by molar-refractivity contribution is 0.204. The average Bonchev–Trinajstić information content (AvgIpc) is 3.13. The van der Waals surface area contributed by atoms with Crippen LogP contribution in [0.1, 0.15) is 12.8 Å². The van der Waals surface area contributed by atoms with Gasteiger partial charge in [0, 0.05) is 25.8 Å². The van der Waals surface area contributed by atoms with Gasteiger partial charge in [0.2, 0.25) is 5.95 Å². The van der Waals surface area contributed by atoms with Crippen molar-refractivity contribution >= 4 is 17.6 Å². The summed E-state index contributed by atoms with van der Waals surface area (Å²) in [6, 6.07) is 2.33. The molecule has 2 rings (SSSR count). The summed E-state index contributed by atoms with van der Waals surface area (Å²) >= 11 is 0. The first-order valence-electron chi connectivity index (χ1n) is 5.61. The zero-order valence-electron chi connectivity index (χ0n) is 9.89. The summed E-state index contributed by atoms with van der Waals surface area (Å²) in [6.45, 7) is 1.45. The molecule has 0 amide bonds. The second-order valence-electron chi connectivity index (χ2n) is 4.03. The fourth-order valence-corrected chi connectivity index (χ4v) is 1.73. The Balaban J connectivity index is 2.18. The lowest BCUT2D eigenvalue weighted by Gasteiger charge is -2.23. The van der Waals surface area contributed by atoms with Crippen LogP contribution < -0.4 is 21.9 Å². The molecule has 1 fully saturated rings. The summed E-state index contributed by atoms with van der Waals surface area (Å²) in [7, 11) is 1.69. The Bertz CT molecular complexity index is 381. The third-order valence-corrected chi connectivity index (χ3v) is 2.70. The Morgan fingerprint density at radius 3 is 2.88 bits per heavy atom. The Kier molecular flexibility index (Phi) is 3.60. The molecular weight excluding hydrogens is 220 g/mol. The minimum absolute atomic E-state index is 0.221. The van der Waals surface area contributed by atoms with Gasteiger partial charge in [0.25, 0.3) is 0 Å². The number of nitrogens with zero attached hydrogens (tertiary/aromatic N) is 3. The first-order valence-corrected chi connectivity index (χ1v) is 5.61. The molecule has 0 aromatic carbocycles. The van der Waals surface area contributed by atoms with Gasteiger partial charge >= 0.3 is 0 Å². The highest BCUT2D eigenvalue weighted by atomic mass is 16.5. The standard InChI is InChI=1S/C10H18N6O/c1-17-5-4-16(7-2-3-7)9-6-8(15-12)13-10(11)14-9/h6-7H,2-5,12H2,1H3,(H3,11,13,14,15). The zero-order chi connectivity index (χ0) is 12.3. The van der Waals surface area contributed by atoms with Gasteiger partial charge in [-0.25, -0.2) is 5.84 Å². The maximum Gasteiger partial charge on any atom is 0.223 e. The summed E-state index contributed by atoms with van der Waals surface area (Å²) in [4.78, 5) is 10.4. The molecule has 1 aromatic heterocycles. The molecule has 0 spiro atoms. The third kappa shape index (κ3) is 2.95. The molecule has 0 saturated heterocycles. The van der Waals surface area contributed by atoms with Crippen LogP contribution in [0.4, 0.5) is 17.6 Å². The van der Waals surface area contributed by atoms with Gasteiger partial charge in [-0.05, 0) is 12.8 Å². The van der Waals surface area contributed by atoms with E-state index in [1.165, 1.54) is 12.8 Å². The van der Waals surface area contributed by atoms with Crippen molar-refractivity contribution < 1.29 is 4.74 Å². The van der Waals surface area contributed by atoms with Crippen LogP contribution in [-0.2, 0) is 4.74 Å². The van der Waals surface area contributed by atoms with Crippen LogP contribution in [0.25, 0.3) is 0 Å². The number of hydrogen-bond donors (Lipinski definition) is 3. The quantitative estimate of drug-likeness (QED) is 0.472. The normalized spacial score (nSPS) is 14.7. The first-order chi connectivity index (χ1) is 8.24. The van der Waals surface area contributed by atoms with E-state index in [1.54, 1.807) is 13.2 Å². The van der Waals surface area contributed by atoms with Crippen molar-refractivity contribution in [3.8, 4) is 0 Å². The largest absolute Gasteiger partial charge is 0.383 e. The van der Waals surface area contributed by atoms with Crippen molar-refractivity contribution in [1.82, 2.24) is 9.97 Å². The zero-order valence-corrected chi connectivity index (χ0v) is 9.89. The molecule has 0 radical (unpaired) electrons. The number of hydrazine groups is 1. The Morgan fingerprint density at radius 2 is 2.29 bits per heavy atom. The highest BCUT2D eigenvalue weighted by Gasteiger charge is 2.30. The van der Waals surface area contributed by atoms with Crippen LogP contribution in [0.3, 0.4) is 0 Å². The number of nitrogen functional groups attached to an aromatic ring is 2. The molecule has 0 aliphatic heterocycles. The number of rotatable bonds is 6. The Morgan fingerprint density at radius 1 is 1.53 bits per heavy atom. The molecule has 0 unspecified atom stereocenters. The minimum Gasteiger partial charge on any atom is -0.383 e. The van der Waals surface area contributed by atoms with E-state index in [-0.39, 0.29) is 5.95 Å². The molecule has 5 N–H and O–H groups in total. The molecule has 1 heterocycles. The van der Waals surface area contributed by atoms with Crippen molar-refractivity contribution in [3.05, 3.63) is 6.07 Å². The molecule has 7 nitrogen and oxygen atoms in total.